The van der Waals surface area contributed by atoms with Crippen molar-refractivity contribution in [2.24, 2.45) is 0 Å². The Balaban J connectivity index is 1.84. The number of nitrogens with one attached hydrogen (secondary N) is 1. The number of halogens is 2. The van der Waals surface area contributed by atoms with Crippen molar-refractivity contribution >= 4 is 17.3 Å². The number of benzene rings is 2. The van der Waals surface area contributed by atoms with Gasteiger partial charge in [-0.3, -0.25) is 0 Å². The molecule has 19 heavy (non-hydrogen) atoms. The van der Waals surface area contributed by atoms with Gasteiger partial charge in [0.1, 0.15) is 23.9 Å². The number of hydrogen-bond acceptors (Lipinski definition) is 3. The van der Waals surface area contributed by atoms with Crippen molar-refractivity contribution in [1.82, 2.24) is 0 Å². The fourth-order valence-electron chi connectivity index (χ4n) is 2.11. The molecule has 2 aromatic carbocycles. The molecule has 1 heterocycles. The number of phenols is 1. The van der Waals surface area contributed by atoms with Gasteiger partial charge in [-0.1, -0.05) is 11.6 Å². The van der Waals surface area contributed by atoms with Crippen LogP contribution < -0.4 is 10.1 Å². The maximum absolute atomic E-state index is 13.1. The fourth-order valence-corrected chi connectivity index (χ4v) is 2.29. The second-order valence-electron chi connectivity index (χ2n) is 4.36. The minimum absolute atomic E-state index is 0.0443. The van der Waals surface area contributed by atoms with E-state index in [1.807, 2.05) is 0 Å². The maximum Gasteiger partial charge on any atom is 0.141 e. The van der Waals surface area contributed by atoms with E-state index in [4.69, 9.17) is 16.3 Å². The van der Waals surface area contributed by atoms with E-state index in [1.54, 1.807) is 24.3 Å². The van der Waals surface area contributed by atoms with E-state index in [2.05, 4.69) is 5.32 Å². The van der Waals surface area contributed by atoms with Crippen LogP contribution in [-0.4, -0.2) is 11.7 Å². The molecule has 98 valence electrons. The molecule has 0 saturated carbocycles. The molecule has 0 aromatic heterocycles. The largest absolute Gasteiger partial charge is 0.508 e. The van der Waals surface area contributed by atoms with Crippen LogP contribution in [0.3, 0.4) is 0 Å². The van der Waals surface area contributed by atoms with E-state index in [9.17, 15) is 9.50 Å². The summed E-state index contributed by atoms with van der Waals surface area (Å²) >= 11 is 5.74. The third-order valence-electron chi connectivity index (χ3n) is 3.04. The fraction of sp³-hybridized carbons (Fsp3) is 0.143. The summed E-state index contributed by atoms with van der Waals surface area (Å²) in [7, 11) is 0. The molecular formula is C14H11ClFNO2. The molecule has 1 unspecified atom stereocenters. The highest BCUT2D eigenvalue weighted by Gasteiger charge is 2.24. The first-order chi connectivity index (χ1) is 9.13. The van der Waals surface area contributed by atoms with Gasteiger partial charge in [0.25, 0.3) is 0 Å². The van der Waals surface area contributed by atoms with Crippen molar-refractivity contribution in [3.63, 3.8) is 0 Å². The number of anilines is 1. The molecule has 1 aliphatic heterocycles. The van der Waals surface area contributed by atoms with Crippen LogP contribution in [0.2, 0.25) is 5.02 Å². The molecule has 0 saturated heterocycles. The van der Waals surface area contributed by atoms with Crippen LogP contribution in [0.4, 0.5) is 10.1 Å². The van der Waals surface area contributed by atoms with Crippen molar-refractivity contribution < 1.29 is 14.2 Å². The van der Waals surface area contributed by atoms with E-state index < -0.39 is 5.82 Å². The molecule has 1 atom stereocenters. The molecule has 1 aliphatic rings. The Morgan fingerprint density at radius 1 is 1.26 bits per heavy atom. The Bertz CT molecular complexity index is 633. The molecule has 0 spiro atoms. The lowest BCUT2D eigenvalue weighted by molar-refractivity contribution is 0.338. The Kier molecular flexibility index (Phi) is 2.95. The zero-order valence-electron chi connectivity index (χ0n) is 9.86. The van der Waals surface area contributed by atoms with Crippen LogP contribution in [0.1, 0.15) is 11.6 Å². The summed E-state index contributed by atoms with van der Waals surface area (Å²) in [6.45, 7) is 0.452. The highest BCUT2D eigenvalue weighted by Crippen LogP contribution is 2.37. The first kappa shape index (κ1) is 12.1. The minimum Gasteiger partial charge on any atom is -0.508 e. The van der Waals surface area contributed by atoms with Gasteiger partial charge in [0.05, 0.1) is 11.1 Å². The first-order valence-corrected chi connectivity index (χ1v) is 6.18. The average Bonchev–Trinajstić information content (AvgIpc) is 2.76. The number of fused-ring (bicyclic) bond motifs is 1. The SMILES string of the molecule is Oc1ccc2c(c1)OCC2Nc1ccc(F)c(Cl)c1. The second kappa shape index (κ2) is 4.63. The Labute approximate surface area is 114 Å². The summed E-state index contributed by atoms with van der Waals surface area (Å²) in [4.78, 5) is 0. The molecule has 0 amide bonds. The summed E-state index contributed by atoms with van der Waals surface area (Å²) in [5.41, 5.74) is 1.68. The summed E-state index contributed by atoms with van der Waals surface area (Å²) in [5, 5.41) is 12.7. The minimum atomic E-state index is -0.444. The summed E-state index contributed by atoms with van der Waals surface area (Å²) in [5.74, 6) is 0.384. The molecule has 0 bridgehead atoms. The zero-order valence-corrected chi connectivity index (χ0v) is 10.6. The summed E-state index contributed by atoms with van der Waals surface area (Å²) < 4.78 is 18.6. The Morgan fingerprint density at radius 2 is 2.11 bits per heavy atom. The van der Waals surface area contributed by atoms with Gasteiger partial charge < -0.3 is 15.2 Å². The van der Waals surface area contributed by atoms with E-state index in [1.165, 1.54) is 12.1 Å². The average molecular weight is 280 g/mol. The van der Waals surface area contributed by atoms with Crippen molar-refractivity contribution in [3.05, 3.63) is 52.8 Å². The van der Waals surface area contributed by atoms with Crippen LogP contribution >= 0.6 is 11.6 Å². The van der Waals surface area contributed by atoms with Gasteiger partial charge in [0, 0.05) is 17.3 Å². The number of ether oxygens (including phenoxy) is 1. The van der Waals surface area contributed by atoms with Gasteiger partial charge in [-0.15, -0.1) is 0 Å². The van der Waals surface area contributed by atoms with Crippen LogP contribution in [-0.2, 0) is 0 Å². The van der Waals surface area contributed by atoms with Crippen molar-refractivity contribution in [1.29, 1.82) is 0 Å². The number of rotatable bonds is 2. The van der Waals surface area contributed by atoms with Crippen LogP contribution in [0.15, 0.2) is 36.4 Å². The standard InChI is InChI=1S/C14H11ClFNO2/c15-11-5-8(1-4-12(11)16)17-13-7-19-14-6-9(18)2-3-10(13)14/h1-6,13,17-18H,7H2. The molecule has 0 aliphatic carbocycles. The smallest absolute Gasteiger partial charge is 0.141 e. The lowest BCUT2D eigenvalue weighted by Crippen LogP contribution is -2.11. The molecule has 0 radical (unpaired) electrons. The predicted octanol–water partition coefficient (Wildman–Crippen LogP) is 3.73. The normalized spacial score (nSPS) is 16.8. The van der Waals surface area contributed by atoms with Gasteiger partial charge >= 0.3 is 0 Å². The van der Waals surface area contributed by atoms with Gasteiger partial charge in [0.15, 0.2) is 0 Å². The zero-order chi connectivity index (χ0) is 13.4. The maximum atomic E-state index is 13.1. The number of aromatic hydroxyl groups is 1. The molecule has 2 N–H and O–H groups in total. The van der Waals surface area contributed by atoms with Gasteiger partial charge in [0.2, 0.25) is 0 Å². The van der Waals surface area contributed by atoms with Crippen molar-refractivity contribution in [2.45, 2.75) is 6.04 Å². The topological polar surface area (TPSA) is 41.5 Å². The molecule has 5 heteroatoms. The quantitative estimate of drug-likeness (QED) is 0.880. The molecule has 3 rings (SSSR count). The molecular weight excluding hydrogens is 269 g/mol. The third-order valence-corrected chi connectivity index (χ3v) is 3.33. The van der Waals surface area contributed by atoms with E-state index in [-0.39, 0.29) is 16.8 Å². The number of phenolic OH excluding ortho intramolecular Hbond substituents is 1. The van der Waals surface area contributed by atoms with Crippen molar-refractivity contribution in [3.8, 4) is 11.5 Å². The molecule has 3 nitrogen and oxygen atoms in total. The van der Waals surface area contributed by atoms with E-state index in [0.29, 0.717) is 12.4 Å². The third kappa shape index (κ3) is 2.31. The van der Waals surface area contributed by atoms with Crippen LogP contribution in [0.5, 0.6) is 11.5 Å². The Hall–Kier alpha value is -1.94. The predicted molar refractivity (Wildman–Crippen MR) is 71.4 cm³/mol. The Morgan fingerprint density at radius 3 is 2.89 bits per heavy atom. The molecule has 0 fully saturated rings. The summed E-state index contributed by atoms with van der Waals surface area (Å²) in [6, 6.07) is 9.43. The van der Waals surface area contributed by atoms with Gasteiger partial charge in [-0.25, -0.2) is 4.39 Å². The van der Waals surface area contributed by atoms with Gasteiger partial charge in [-0.05, 0) is 30.3 Å². The highest BCUT2D eigenvalue weighted by atomic mass is 35.5. The van der Waals surface area contributed by atoms with Crippen molar-refractivity contribution in [2.75, 3.05) is 11.9 Å². The number of hydrogen-bond donors (Lipinski definition) is 2. The summed E-state index contributed by atoms with van der Waals surface area (Å²) in [6.07, 6.45) is 0. The van der Waals surface area contributed by atoms with Crippen LogP contribution in [0.25, 0.3) is 0 Å². The van der Waals surface area contributed by atoms with Crippen LogP contribution in [0, 0.1) is 5.82 Å². The molecule has 2 aromatic rings. The highest BCUT2D eigenvalue weighted by molar-refractivity contribution is 6.31. The van der Waals surface area contributed by atoms with E-state index >= 15 is 0 Å². The first-order valence-electron chi connectivity index (χ1n) is 5.81. The lowest BCUT2D eigenvalue weighted by Gasteiger charge is -2.13. The second-order valence-corrected chi connectivity index (χ2v) is 4.77. The monoisotopic (exact) mass is 279 g/mol. The van der Waals surface area contributed by atoms with E-state index in [0.717, 1.165) is 11.3 Å². The van der Waals surface area contributed by atoms with Gasteiger partial charge in [-0.2, -0.15) is 0 Å². The lowest BCUT2D eigenvalue weighted by atomic mass is 10.1.